The van der Waals surface area contributed by atoms with Gasteiger partial charge in [-0.2, -0.15) is 5.26 Å². The summed E-state index contributed by atoms with van der Waals surface area (Å²) in [5.74, 6) is 0.527. The molecule has 2 heterocycles. The van der Waals surface area contributed by atoms with E-state index in [1.807, 2.05) is 60.7 Å². The molecule has 0 saturated carbocycles. The molecule has 146 valence electrons. The van der Waals surface area contributed by atoms with Gasteiger partial charge in [0.25, 0.3) is 0 Å². The fourth-order valence-electron chi connectivity index (χ4n) is 3.51. The van der Waals surface area contributed by atoms with Gasteiger partial charge in [0.15, 0.2) is 5.82 Å². The molecule has 2 aromatic carbocycles. The Balaban J connectivity index is 1.67. The molecule has 1 N–H and O–H groups in total. The molecule has 6 heteroatoms. The highest BCUT2D eigenvalue weighted by molar-refractivity contribution is 5.87. The second kappa shape index (κ2) is 9.28. The van der Waals surface area contributed by atoms with E-state index in [0.717, 1.165) is 49.5 Å². The molecular formula is C23H23N5O. The van der Waals surface area contributed by atoms with Crippen LogP contribution in [0, 0.1) is 11.3 Å². The third kappa shape index (κ3) is 4.43. The summed E-state index contributed by atoms with van der Waals surface area (Å²) in [7, 11) is 0. The van der Waals surface area contributed by atoms with Gasteiger partial charge in [0.05, 0.1) is 13.2 Å². The molecule has 1 aromatic heterocycles. The molecule has 3 aromatic rings. The number of rotatable bonds is 6. The second-order valence-electron chi connectivity index (χ2n) is 6.87. The van der Waals surface area contributed by atoms with E-state index >= 15 is 0 Å². The first kappa shape index (κ1) is 19.1. The number of nitriles is 1. The van der Waals surface area contributed by atoms with Crippen LogP contribution in [0.25, 0.3) is 22.4 Å². The summed E-state index contributed by atoms with van der Waals surface area (Å²) < 4.78 is 5.39. The highest BCUT2D eigenvalue weighted by Gasteiger charge is 2.19. The highest BCUT2D eigenvalue weighted by atomic mass is 16.5. The third-order valence-corrected chi connectivity index (χ3v) is 5.02. The van der Waals surface area contributed by atoms with Gasteiger partial charge in [-0.1, -0.05) is 60.7 Å². The topological polar surface area (TPSA) is 74.1 Å². The van der Waals surface area contributed by atoms with Crippen molar-refractivity contribution in [1.29, 1.82) is 5.26 Å². The van der Waals surface area contributed by atoms with E-state index in [-0.39, 0.29) is 0 Å². The molecule has 6 nitrogen and oxygen atoms in total. The monoisotopic (exact) mass is 385 g/mol. The quantitative estimate of drug-likeness (QED) is 0.701. The number of aromatic nitrogens is 2. The molecule has 1 fully saturated rings. The first-order valence-corrected chi connectivity index (χ1v) is 9.82. The normalized spacial score (nSPS) is 14.3. The van der Waals surface area contributed by atoms with Crippen LogP contribution in [-0.4, -0.2) is 54.5 Å². The van der Waals surface area contributed by atoms with Crippen LogP contribution in [0.1, 0.15) is 5.56 Å². The van der Waals surface area contributed by atoms with Crippen molar-refractivity contribution in [3.8, 4) is 28.5 Å². The van der Waals surface area contributed by atoms with Crippen molar-refractivity contribution in [1.82, 2.24) is 15.1 Å². The number of morpholine rings is 1. The Morgan fingerprint density at radius 3 is 2.24 bits per heavy atom. The molecule has 0 atom stereocenters. The fourth-order valence-corrected chi connectivity index (χ4v) is 3.51. The van der Waals surface area contributed by atoms with Crippen molar-refractivity contribution in [2.24, 2.45) is 0 Å². The average molecular weight is 385 g/mol. The predicted molar refractivity (Wildman–Crippen MR) is 113 cm³/mol. The van der Waals surface area contributed by atoms with Gasteiger partial charge in [0.2, 0.25) is 0 Å². The maximum Gasteiger partial charge on any atom is 0.167 e. The number of benzene rings is 2. The van der Waals surface area contributed by atoms with E-state index in [9.17, 15) is 5.26 Å². The Kier molecular flexibility index (Phi) is 6.10. The molecule has 29 heavy (non-hydrogen) atoms. The van der Waals surface area contributed by atoms with Crippen molar-refractivity contribution in [3.05, 3.63) is 66.2 Å². The van der Waals surface area contributed by atoms with Gasteiger partial charge >= 0.3 is 0 Å². The fraction of sp³-hybridized carbons (Fsp3) is 0.261. The van der Waals surface area contributed by atoms with Crippen LogP contribution < -0.4 is 5.32 Å². The van der Waals surface area contributed by atoms with Crippen LogP contribution in [0.4, 0.5) is 5.82 Å². The van der Waals surface area contributed by atoms with E-state index < -0.39 is 0 Å². The summed E-state index contributed by atoms with van der Waals surface area (Å²) >= 11 is 0. The first-order chi connectivity index (χ1) is 14.4. The molecule has 1 aliphatic rings. The second-order valence-corrected chi connectivity index (χ2v) is 6.87. The third-order valence-electron chi connectivity index (χ3n) is 5.02. The zero-order chi connectivity index (χ0) is 19.9. The highest BCUT2D eigenvalue weighted by Crippen LogP contribution is 2.35. The van der Waals surface area contributed by atoms with Crippen LogP contribution in [0.5, 0.6) is 0 Å². The minimum absolute atomic E-state index is 0.520. The van der Waals surface area contributed by atoms with Gasteiger partial charge in [0, 0.05) is 37.3 Å². The number of nitrogens with one attached hydrogen (secondary N) is 1. The van der Waals surface area contributed by atoms with Gasteiger partial charge in [-0.25, -0.2) is 0 Å². The maximum atomic E-state index is 10.00. The number of anilines is 1. The van der Waals surface area contributed by atoms with Gasteiger partial charge in [0.1, 0.15) is 17.3 Å². The number of nitrogens with zero attached hydrogens (tertiary/aromatic N) is 4. The van der Waals surface area contributed by atoms with Crippen molar-refractivity contribution >= 4 is 5.82 Å². The van der Waals surface area contributed by atoms with E-state index in [0.29, 0.717) is 23.6 Å². The summed E-state index contributed by atoms with van der Waals surface area (Å²) in [5, 5.41) is 22.2. The molecule has 1 saturated heterocycles. The van der Waals surface area contributed by atoms with Gasteiger partial charge in [-0.15, -0.1) is 10.2 Å². The van der Waals surface area contributed by atoms with Gasteiger partial charge in [-0.05, 0) is 5.56 Å². The molecule has 0 spiro atoms. The Bertz CT molecular complexity index is 979. The lowest BCUT2D eigenvalue weighted by Crippen LogP contribution is -2.39. The summed E-state index contributed by atoms with van der Waals surface area (Å²) in [5.41, 5.74) is 3.94. The Morgan fingerprint density at radius 1 is 0.931 bits per heavy atom. The SMILES string of the molecule is N#Cc1c(NCCN2CCOCC2)nnc(-c2ccccc2)c1-c1ccccc1. The summed E-state index contributed by atoms with van der Waals surface area (Å²) in [6, 6.07) is 22.1. The van der Waals surface area contributed by atoms with Crippen LogP contribution in [0.3, 0.4) is 0 Å². The summed E-state index contributed by atoms with van der Waals surface area (Å²) in [6.45, 7) is 4.97. The van der Waals surface area contributed by atoms with E-state index in [1.54, 1.807) is 0 Å². The van der Waals surface area contributed by atoms with E-state index in [4.69, 9.17) is 4.74 Å². The minimum Gasteiger partial charge on any atom is -0.379 e. The molecule has 1 aliphatic heterocycles. The van der Waals surface area contributed by atoms with E-state index in [1.165, 1.54) is 0 Å². The molecule has 0 radical (unpaired) electrons. The zero-order valence-corrected chi connectivity index (χ0v) is 16.2. The lowest BCUT2D eigenvalue weighted by Gasteiger charge is -2.26. The van der Waals surface area contributed by atoms with Crippen molar-refractivity contribution in [2.45, 2.75) is 0 Å². The molecular weight excluding hydrogens is 362 g/mol. The van der Waals surface area contributed by atoms with Crippen LogP contribution in [-0.2, 0) is 4.74 Å². The Hall–Kier alpha value is -3.27. The lowest BCUT2D eigenvalue weighted by atomic mass is 9.95. The van der Waals surface area contributed by atoms with Crippen molar-refractivity contribution in [2.75, 3.05) is 44.7 Å². The van der Waals surface area contributed by atoms with E-state index in [2.05, 4.69) is 26.5 Å². The standard InChI is InChI=1S/C23H23N5O/c24-17-20-21(18-7-3-1-4-8-18)22(19-9-5-2-6-10-19)26-27-23(20)25-11-12-28-13-15-29-16-14-28/h1-10H,11-16H2,(H,25,27). The first-order valence-electron chi connectivity index (χ1n) is 9.82. The molecule has 0 aliphatic carbocycles. The zero-order valence-electron chi connectivity index (χ0n) is 16.2. The Morgan fingerprint density at radius 2 is 1.59 bits per heavy atom. The number of ether oxygens (including phenoxy) is 1. The Labute approximate surface area is 170 Å². The van der Waals surface area contributed by atoms with Crippen molar-refractivity contribution < 1.29 is 4.74 Å². The average Bonchev–Trinajstić information content (AvgIpc) is 2.80. The summed E-state index contributed by atoms with van der Waals surface area (Å²) in [6.07, 6.45) is 0. The molecule has 0 unspecified atom stereocenters. The largest absolute Gasteiger partial charge is 0.379 e. The molecule has 0 bridgehead atoms. The van der Waals surface area contributed by atoms with Gasteiger partial charge < -0.3 is 10.1 Å². The predicted octanol–water partition coefficient (Wildman–Crippen LogP) is 3.43. The van der Waals surface area contributed by atoms with Crippen LogP contribution in [0.2, 0.25) is 0 Å². The number of hydrogen-bond acceptors (Lipinski definition) is 6. The van der Waals surface area contributed by atoms with Crippen molar-refractivity contribution in [3.63, 3.8) is 0 Å². The van der Waals surface area contributed by atoms with Crippen LogP contribution >= 0.6 is 0 Å². The number of hydrogen-bond donors (Lipinski definition) is 1. The summed E-state index contributed by atoms with van der Waals surface area (Å²) in [4.78, 5) is 2.34. The smallest absolute Gasteiger partial charge is 0.167 e. The van der Waals surface area contributed by atoms with Gasteiger partial charge in [-0.3, -0.25) is 4.90 Å². The lowest BCUT2D eigenvalue weighted by molar-refractivity contribution is 0.0398. The molecule has 4 rings (SSSR count). The minimum atomic E-state index is 0.520. The van der Waals surface area contributed by atoms with Crippen LogP contribution in [0.15, 0.2) is 60.7 Å². The molecule has 0 amide bonds. The maximum absolute atomic E-state index is 10.00.